The number of nitrogens with one attached hydrogen (secondary N) is 2. The molecule has 0 amide bonds. The average Bonchev–Trinajstić information content (AvgIpc) is 2.69. The van der Waals surface area contributed by atoms with Gasteiger partial charge in [-0.15, -0.1) is 0 Å². The third-order valence-electron chi connectivity index (χ3n) is 4.71. The number of benzene rings is 2. The fourth-order valence-electron chi connectivity index (χ4n) is 3.35. The van der Waals surface area contributed by atoms with E-state index in [1.165, 1.54) is 11.6 Å². The van der Waals surface area contributed by atoms with E-state index in [-0.39, 0.29) is 5.56 Å². The molecule has 0 atom stereocenters. The Kier molecular flexibility index (Phi) is 5.34. The zero-order valence-corrected chi connectivity index (χ0v) is 15.7. The molecule has 1 fully saturated rings. The van der Waals surface area contributed by atoms with Crippen molar-refractivity contribution >= 4 is 11.6 Å². The number of hydrogen-bond donors (Lipinski definition) is 2. The Hall–Kier alpha value is -2.47. The molecule has 0 radical (unpaired) electrons. The summed E-state index contributed by atoms with van der Waals surface area (Å²) >= 11 is 6.28. The van der Waals surface area contributed by atoms with Crippen LogP contribution < -0.4 is 10.9 Å². The highest BCUT2D eigenvalue weighted by Crippen LogP contribution is 2.26. The van der Waals surface area contributed by atoms with E-state index in [2.05, 4.69) is 32.3 Å². The Morgan fingerprint density at radius 1 is 1.04 bits per heavy atom. The van der Waals surface area contributed by atoms with Crippen LogP contribution in [-0.4, -0.2) is 41.0 Å². The van der Waals surface area contributed by atoms with E-state index in [1.807, 2.05) is 30.3 Å². The third kappa shape index (κ3) is 4.27. The number of H-pyrrole nitrogens is 1. The van der Waals surface area contributed by atoms with Crippen LogP contribution in [0.5, 0.6) is 0 Å². The summed E-state index contributed by atoms with van der Waals surface area (Å²) in [6.45, 7) is 5.02. The normalized spacial score (nSPS) is 15.0. The first-order valence-corrected chi connectivity index (χ1v) is 9.45. The van der Waals surface area contributed by atoms with Gasteiger partial charge >= 0.3 is 0 Å². The van der Waals surface area contributed by atoms with Crippen LogP contribution in [0.25, 0.3) is 22.6 Å². The molecule has 0 aliphatic carbocycles. The van der Waals surface area contributed by atoms with Gasteiger partial charge in [0.05, 0.1) is 5.69 Å². The SMILES string of the molecule is O=c1cc(-c2ccccc2Cl)nc(-c2cccc(CN3CCNCC3)c2)[nH]1. The minimum Gasteiger partial charge on any atom is -0.314 e. The summed E-state index contributed by atoms with van der Waals surface area (Å²) in [7, 11) is 0. The fourth-order valence-corrected chi connectivity index (χ4v) is 3.58. The van der Waals surface area contributed by atoms with Crippen LogP contribution in [-0.2, 0) is 6.54 Å². The summed E-state index contributed by atoms with van der Waals surface area (Å²) in [5.41, 5.74) is 3.24. The highest BCUT2D eigenvalue weighted by Gasteiger charge is 2.12. The number of nitrogens with zero attached hydrogens (tertiary/aromatic N) is 2. The predicted molar refractivity (Wildman–Crippen MR) is 109 cm³/mol. The quantitative estimate of drug-likeness (QED) is 0.729. The first-order chi connectivity index (χ1) is 13.2. The second kappa shape index (κ2) is 8.05. The Morgan fingerprint density at radius 2 is 1.85 bits per heavy atom. The van der Waals surface area contributed by atoms with E-state index in [1.54, 1.807) is 6.07 Å². The molecule has 0 bridgehead atoms. The molecule has 2 N–H and O–H groups in total. The molecule has 0 spiro atoms. The topological polar surface area (TPSA) is 61.0 Å². The second-order valence-corrected chi connectivity index (χ2v) is 7.09. The summed E-state index contributed by atoms with van der Waals surface area (Å²) in [5.74, 6) is 0.555. The number of piperazine rings is 1. The maximum atomic E-state index is 12.2. The van der Waals surface area contributed by atoms with E-state index >= 15 is 0 Å². The van der Waals surface area contributed by atoms with Crippen molar-refractivity contribution in [2.24, 2.45) is 0 Å². The van der Waals surface area contributed by atoms with E-state index < -0.39 is 0 Å². The Labute approximate surface area is 163 Å². The molecule has 0 saturated carbocycles. The molecule has 27 heavy (non-hydrogen) atoms. The molecule has 4 rings (SSSR count). The molecule has 2 heterocycles. The maximum Gasteiger partial charge on any atom is 0.251 e. The van der Waals surface area contributed by atoms with Crippen molar-refractivity contribution in [3.63, 3.8) is 0 Å². The van der Waals surface area contributed by atoms with E-state index in [0.717, 1.165) is 43.9 Å². The number of hydrogen-bond acceptors (Lipinski definition) is 4. The van der Waals surface area contributed by atoms with Gasteiger partial charge in [0, 0.05) is 54.9 Å². The predicted octanol–water partition coefficient (Wildman–Crippen LogP) is 3.16. The Morgan fingerprint density at radius 3 is 2.67 bits per heavy atom. The molecule has 2 aromatic carbocycles. The van der Waals surface area contributed by atoms with Crippen molar-refractivity contribution in [1.29, 1.82) is 0 Å². The largest absolute Gasteiger partial charge is 0.314 e. The summed E-state index contributed by atoms with van der Waals surface area (Å²) in [6, 6.07) is 17.1. The third-order valence-corrected chi connectivity index (χ3v) is 5.04. The van der Waals surface area contributed by atoms with Crippen molar-refractivity contribution in [2.45, 2.75) is 6.54 Å². The highest BCUT2D eigenvalue weighted by molar-refractivity contribution is 6.33. The van der Waals surface area contributed by atoms with Crippen LogP contribution in [0.4, 0.5) is 0 Å². The lowest BCUT2D eigenvalue weighted by atomic mass is 10.1. The van der Waals surface area contributed by atoms with E-state index in [0.29, 0.717) is 16.5 Å². The van der Waals surface area contributed by atoms with Crippen LogP contribution in [0.2, 0.25) is 5.02 Å². The van der Waals surface area contributed by atoms with Crippen LogP contribution >= 0.6 is 11.6 Å². The van der Waals surface area contributed by atoms with Crippen molar-refractivity contribution in [2.75, 3.05) is 26.2 Å². The van der Waals surface area contributed by atoms with Gasteiger partial charge in [-0.1, -0.05) is 48.0 Å². The molecule has 1 aliphatic heterocycles. The van der Waals surface area contributed by atoms with Crippen molar-refractivity contribution in [3.8, 4) is 22.6 Å². The van der Waals surface area contributed by atoms with Gasteiger partial charge in [-0.3, -0.25) is 9.69 Å². The van der Waals surface area contributed by atoms with Gasteiger partial charge in [0.1, 0.15) is 5.82 Å². The maximum absolute atomic E-state index is 12.2. The van der Waals surface area contributed by atoms with Gasteiger partial charge in [-0.25, -0.2) is 4.98 Å². The smallest absolute Gasteiger partial charge is 0.251 e. The molecule has 0 unspecified atom stereocenters. The first kappa shape index (κ1) is 17.9. The minimum atomic E-state index is -0.192. The molecule has 5 nitrogen and oxygen atoms in total. The minimum absolute atomic E-state index is 0.192. The van der Waals surface area contributed by atoms with Crippen LogP contribution in [0.1, 0.15) is 5.56 Å². The van der Waals surface area contributed by atoms with Crippen molar-refractivity contribution in [1.82, 2.24) is 20.2 Å². The Balaban J connectivity index is 1.66. The van der Waals surface area contributed by atoms with Gasteiger partial charge in [0.15, 0.2) is 0 Å². The van der Waals surface area contributed by atoms with Gasteiger partial charge in [-0.2, -0.15) is 0 Å². The molecular weight excluding hydrogens is 360 g/mol. The zero-order valence-electron chi connectivity index (χ0n) is 14.9. The van der Waals surface area contributed by atoms with Gasteiger partial charge < -0.3 is 10.3 Å². The number of aromatic nitrogens is 2. The van der Waals surface area contributed by atoms with Gasteiger partial charge in [0.2, 0.25) is 0 Å². The lowest BCUT2D eigenvalue weighted by molar-refractivity contribution is 0.233. The standard InChI is InChI=1S/C21H21ClN4O/c22-18-7-2-1-6-17(18)19-13-20(27)25-21(24-19)16-5-3-4-15(12-16)14-26-10-8-23-9-11-26/h1-7,12-13,23H,8-11,14H2,(H,24,25,27). The van der Waals surface area contributed by atoms with Gasteiger partial charge in [-0.05, 0) is 17.7 Å². The number of halogens is 1. The average molecular weight is 381 g/mol. The lowest BCUT2D eigenvalue weighted by Crippen LogP contribution is -2.42. The van der Waals surface area contributed by atoms with Crippen molar-refractivity contribution < 1.29 is 0 Å². The molecule has 6 heteroatoms. The molecule has 1 aromatic heterocycles. The monoisotopic (exact) mass is 380 g/mol. The highest BCUT2D eigenvalue weighted by atomic mass is 35.5. The Bertz CT molecular complexity index is 995. The molecular formula is C21H21ClN4O. The summed E-state index contributed by atoms with van der Waals surface area (Å²) < 4.78 is 0. The van der Waals surface area contributed by atoms with Crippen molar-refractivity contribution in [3.05, 3.63) is 75.5 Å². The van der Waals surface area contributed by atoms with E-state index in [4.69, 9.17) is 11.6 Å². The molecule has 1 saturated heterocycles. The van der Waals surface area contributed by atoms with E-state index in [9.17, 15) is 4.79 Å². The molecule has 1 aliphatic rings. The number of aromatic amines is 1. The summed E-state index contributed by atoms with van der Waals surface area (Å²) in [4.78, 5) is 22.1. The number of rotatable bonds is 4. The summed E-state index contributed by atoms with van der Waals surface area (Å²) in [5, 5.41) is 3.95. The van der Waals surface area contributed by atoms with Crippen LogP contribution in [0.15, 0.2) is 59.4 Å². The fraction of sp³-hybridized carbons (Fsp3) is 0.238. The second-order valence-electron chi connectivity index (χ2n) is 6.69. The first-order valence-electron chi connectivity index (χ1n) is 9.08. The molecule has 3 aromatic rings. The van der Waals surface area contributed by atoms with Crippen LogP contribution in [0.3, 0.4) is 0 Å². The molecule has 138 valence electrons. The summed E-state index contributed by atoms with van der Waals surface area (Å²) in [6.07, 6.45) is 0. The van der Waals surface area contributed by atoms with Crippen LogP contribution in [0, 0.1) is 0 Å². The lowest BCUT2D eigenvalue weighted by Gasteiger charge is -2.27. The zero-order chi connectivity index (χ0) is 18.6. The van der Waals surface area contributed by atoms with Gasteiger partial charge in [0.25, 0.3) is 5.56 Å².